The van der Waals surface area contributed by atoms with Crippen LogP contribution in [0.2, 0.25) is 0 Å². The van der Waals surface area contributed by atoms with Gasteiger partial charge in [0.05, 0.1) is 12.9 Å². The highest BCUT2D eigenvalue weighted by Gasteiger charge is 2.17. The quantitative estimate of drug-likeness (QED) is 0.696. The summed E-state index contributed by atoms with van der Waals surface area (Å²) in [6, 6.07) is 0. The van der Waals surface area contributed by atoms with Crippen LogP contribution < -0.4 is 4.83 Å². The number of sulfonamides is 1. The van der Waals surface area contributed by atoms with Crippen molar-refractivity contribution >= 4 is 16.0 Å². The van der Waals surface area contributed by atoms with E-state index in [2.05, 4.69) is 9.57 Å². The Morgan fingerprint density at radius 2 is 1.94 bits per heavy atom. The summed E-state index contributed by atoms with van der Waals surface area (Å²) in [6.07, 6.45) is 3.61. The van der Waals surface area contributed by atoms with Crippen LogP contribution in [0.1, 0.15) is 32.1 Å². The molecule has 1 fully saturated rings. The van der Waals surface area contributed by atoms with Gasteiger partial charge >= 0.3 is 5.97 Å². The molecule has 0 aromatic carbocycles. The Bertz CT molecular complexity index is 336. The number of hydrazine groups is 1. The van der Waals surface area contributed by atoms with Gasteiger partial charge in [-0.3, -0.25) is 4.79 Å². The molecule has 0 bridgehead atoms. The summed E-state index contributed by atoms with van der Waals surface area (Å²) in [5.41, 5.74) is 0. The number of rotatable bonds is 6. The van der Waals surface area contributed by atoms with E-state index in [9.17, 15) is 13.2 Å². The van der Waals surface area contributed by atoms with Gasteiger partial charge in [0, 0.05) is 19.5 Å². The minimum Gasteiger partial charge on any atom is -0.469 e. The van der Waals surface area contributed by atoms with Crippen LogP contribution in [0.15, 0.2) is 0 Å². The molecule has 1 aliphatic heterocycles. The topological polar surface area (TPSA) is 75.7 Å². The standard InChI is InChI=1S/C10H20N2O4S/c1-16-10(13)6-5-9-17(14,15)11-12-7-3-2-4-8-12/h11H,2-9H2,1H3. The van der Waals surface area contributed by atoms with Crippen LogP contribution in [0.25, 0.3) is 0 Å². The zero-order chi connectivity index (χ0) is 12.7. The van der Waals surface area contributed by atoms with Gasteiger partial charge in [0.1, 0.15) is 0 Å². The van der Waals surface area contributed by atoms with Crippen LogP contribution in [0, 0.1) is 0 Å². The van der Waals surface area contributed by atoms with Crippen molar-refractivity contribution in [1.82, 2.24) is 9.84 Å². The summed E-state index contributed by atoms with van der Waals surface area (Å²) in [4.78, 5) is 13.4. The zero-order valence-electron chi connectivity index (χ0n) is 10.1. The van der Waals surface area contributed by atoms with Crippen molar-refractivity contribution in [3.05, 3.63) is 0 Å². The molecule has 6 nitrogen and oxygen atoms in total. The van der Waals surface area contributed by atoms with Gasteiger partial charge in [-0.15, -0.1) is 4.83 Å². The highest BCUT2D eigenvalue weighted by molar-refractivity contribution is 7.89. The summed E-state index contributed by atoms with van der Waals surface area (Å²) in [5.74, 6) is -0.420. The first-order valence-electron chi connectivity index (χ1n) is 5.85. The molecule has 1 N–H and O–H groups in total. The molecular weight excluding hydrogens is 244 g/mol. The monoisotopic (exact) mass is 264 g/mol. The molecule has 7 heteroatoms. The molecule has 0 amide bonds. The Hall–Kier alpha value is -0.660. The maximum Gasteiger partial charge on any atom is 0.305 e. The van der Waals surface area contributed by atoms with Gasteiger partial charge in [0.15, 0.2) is 0 Å². The van der Waals surface area contributed by atoms with Gasteiger partial charge in [0.25, 0.3) is 0 Å². The van der Waals surface area contributed by atoms with Crippen LogP contribution in [0.3, 0.4) is 0 Å². The number of piperidine rings is 1. The van der Waals surface area contributed by atoms with E-state index in [0.717, 1.165) is 32.4 Å². The summed E-state index contributed by atoms with van der Waals surface area (Å²) in [5, 5.41) is 1.73. The number of esters is 1. The fraction of sp³-hybridized carbons (Fsp3) is 0.900. The summed E-state index contributed by atoms with van der Waals surface area (Å²) in [7, 11) is -2.02. The SMILES string of the molecule is COC(=O)CCCS(=O)(=O)NN1CCCCC1. The Morgan fingerprint density at radius 3 is 2.53 bits per heavy atom. The Balaban J connectivity index is 2.27. The molecule has 1 saturated heterocycles. The normalized spacial score (nSPS) is 17.9. The molecule has 0 aromatic heterocycles. The summed E-state index contributed by atoms with van der Waals surface area (Å²) in [6.45, 7) is 1.52. The lowest BCUT2D eigenvalue weighted by atomic mass is 10.2. The molecule has 0 atom stereocenters. The second-order valence-electron chi connectivity index (χ2n) is 4.14. The number of ether oxygens (including phenoxy) is 1. The van der Waals surface area contributed by atoms with Gasteiger partial charge in [-0.05, 0) is 19.3 Å². The number of carbonyl (C=O) groups excluding carboxylic acids is 1. The van der Waals surface area contributed by atoms with Crippen molar-refractivity contribution in [2.45, 2.75) is 32.1 Å². The fourth-order valence-electron chi connectivity index (χ4n) is 1.74. The second kappa shape index (κ2) is 6.93. The van der Waals surface area contributed by atoms with E-state index < -0.39 is 10.0 Å². The lowest BCUT2D eigenvalue weighted by Crippen LogP contribution is -2.45. The molecular formula is C10H20N2O4S. The number of nitrogens with zero attached hydrogens (tertiary/aromatic N) is 1. The zero-order valence-corrected chi connectivity index (χ0v) is 11.0. The predicted molar refractivity (Wildman–Crippen MR) is 63.6 cm³/mol. The average Bonchev–Trinajstić information content (AvgIpc) is 2.29. The first-order chi connectivity index (χ1) is 8.03. The van der Waals surface area contributed by atoms with Crippen molar-refractivity contribution in [3.63, 3.8) is 0 Å². The van der Waals surface area contributed by atoms with Crippen molar-refractivity contribution in [2.24, 2.45) is 0 Å². The van der Waals surface area contributed by atoms with Gasteiger partial charge in [-0.25, -0.2) is 13.4 Å². The first kappa shape index (κ1) is 14.4. The van der Waals surface area contributed by atoms with Crippen molar-refractivity contribution in [2.75, 3.05) is 26.0 Å². The molecule has 0 unspecified atom stereocenters. The Labute approximate surface area is 102 Å². The third kappa shape index (κ3) is 5.99. The van der Waals surface area contributed by atoms with Crippen LogP contribution in [0.4, 0.5) is 0 Å². The van der Waals surface area contributed by atoms with Crippen molar-refractivity contribution in [1.29, 1.82) is 0 Å². The minimum atomic E-state index is -3.32. The van der Waals surface area contributed by atoms with E-state index in [-0.39, 0.29) is 24.6 Å². The van der Waals surface area contributed by atoms with Crippen LogP contribution >= 0.6 is 0 Å². The van der Waals surface area contributed by atoms with Crippen molar-refractivity contribution < 1.29 is 17.9 Å². The number of methoxy groups -OCH3 is 1. The second-order valence-corrected chi connectivity index (χ2v) is 5.96. The van der Waals surface area contributed by atoms with E-state index in [0.29, 0.717) is 0 Å². The van der Waals surface area contributed by atoms with E-state index in [4.69, 9.17) is 0 Å². The van der Waals surface area contributed by atoms with Gasteiger partial charge in [0.2, 0.25) is 10.0 Å². The molecule has 0 spiro atoms. The summed E-state index contributed by atoms with van der Waals surface area (Å²) < 4.78 is 27.8. The number of hydrogen-bond acceptors (Lipinski definition) is 5. The molecule has 1 heterocycles. The fourth-order valence-corrected chi connectivity index (χ4v) is 2.93. The van der Waals surface area contributed by atoms with Crippen molar-refractivity contribution in [3.8, 4) is 0 Å². The van der Waals surface area contributed by atoms with Crippen LogP contribution in [-0.4, -0.2) is 45.3 Å². The van der Waals surface area contributed by atoms with Crippen LogP contribution in [0.5, 0.6) is 0 Å². The van der Waals surface area contributed by atoms with E-state index in [1.165, 1.54) is 7.11 Å². The lowest BCUT2D eigenvalue weighted by molar-refractivity contribution is -0.140. The lowest BCUT2D eigenvalue weighted by Gasteiger charge is -2.26. The maximum atomic E-state index is 11.7. The molecule has 0 aliphatic carbocycles. The van der Waals surface area contributed by atoms with Gasteiger partial charge < -0.3 is 4.74 Å². The third-order valence-electron chi connectivity index (χ3n) is 2.65. The third-order valence-corrected chi connectivity index (χ3v) is 4.01. The van der Waals surface area contributed by atoms with E-state index in [1.54, 1.807) is 5.01 Å². The predicted octanol–water partition coefficient (Wildman–Crippen LogP) is 0.260. The molecule has 1 rings (SSSR count). The molecule has 1 aliphatic rings. The minimum absolute atomic E-state index is 0.0431. The number of carbonyl (C=O) groups is 1. The first-order valence-corrected chi connectivity index (χ1v) is 7.50. The Kier molecular flexibility index (Phi) is 5.87. The van der Waals surface area contributed by atoms with E-state index >= 15 is 0 Å². The summed E-state index contributed by atoms with van der Waals surface area (Å²) >= 11 is 0. The largest absolute Gasteiger partial charge is 0.469 e. The number of hydrogen-bond donors (Lipinski definition) is 1. The molecule has 0 radical (unpaired) electrons. The molecule has 0 aromatic rings. The molecule has 17 heavy (non-hydrogen) atoms. The number of nitrogens with one attached hydrogen (secondary N) is 1. The van der Waals surface area contributed by atoms with Gasteiger partial charge in [-0.2, -0.15) is 0 Å². The van der Waals surface area contributed by atoms with Crippen LogP contribution in [-0.2, 0) is 19.6 Å². The highest BCUT2D eigenvalue weighted by Crippen LogP contribution is 2.07. The smallest absolute Gasteiger partial charge is 0.305 e. The highest BCUT2D eigenvalue weighted by atomic mass is 32.2. The van der Waals surface area contributed by atoms with E-state index in [1.807, 2.05) is 0 Å². The molecule has 100 valence electrons. The molecule has 0 saturated carbocycles. The van der Waals surface area contributed by atoms with Gasteiger partial charge in [-0.1, -0.05) is 6.42 Å². The Morgan fingerprint density at radius 1 is 1.29 bits per heavy atom. The average molecular weight is 264 g/mol. The maximum absolute atomic E-state index is 11.7.